The first-order valence-electron chi connectivity index (χ1n) is 20.4. The molecule has 16 nitrogen and oxygen atoms in total. The molecular weight excluding hydrogens is 890 g/mol. The molecule has 24 heteroatoms. The summed E-state index contributed by atoms with van der Waals surface area (Å²) in [5, 5.41) is 4.82. The number of allylic oxidation sites excluding steroid dienone is 1. The van der Waals surface area contributed by atoms with Gasteiger partial charge in [-0.15, -0.1) is 0 Å². The van der Waals surface area contributed by atoms with Gasteiger partial charge < -0.3 is 34.5 Å². The van der Waals surface area contributed by atoms with E-state index in [0.717, 1.165) is 18.1 Å². The molecule has 3 fully saturated rings. The predicted octanol–water partition coefficient (Wildman–Crippen LogP) is 5.09. The van der Waals surface area contributed by atoms with Crippen molar-refractivity contribution in [1.82, 2.24) is 30.2 Å². The molecule has 4 aliphatic rings. The average Bonchev–Trinajstić information content (AvgIpc) is 4.06. The van der Waals surface area contributed by atoms with E-state index in [1.54, 1.807) is 19.1 Å². The van der Waals surface area contributed by atoms with Gasteiger partial charge in [-0.25, -0.2) is 27.6 Å². The van der Waals surface area contributed by atoms with Crippen molar-refractivity contribution in [2.45, 2.75) is 119 Å². The van der Waals surface area contributed by atoms with Gasteiger partial charge in [0.25, 0.3) is 5.91 Å². The molecule has 354 valence electrons. The number of halogens is 7. The van der Waals surface area contributed by atoms with Gasteiger partial charge in [0.15, 0.2) is 11.6 Å². The fourth-order valence-corrected chi connectivity index (χ4v) is 9.17. The molecule has 3 N–H and O–H groups in total. The number of carbonyl (C=O) groups is 4. The Morgan fingerprint density at radius 2 is 1.70 bits per heavy atom. The van der Waals surface area contributed by atoms with Gasteiger partial charge >= 0.3 is 18.4 Å². The summed E-state index contributed by atoms with van der Waals surface area (Å²) in [6.07, 6.45) is -9.25. The van der Waals surface area contributed by atoms with Crippen molar-refractivity contribution in [2.75, 3.05) is 27.4 Å². The maximum atomic E-state index is 14.9. The summed E-state index contributed by atoms with van der Waals surface area (Å²) >= 11 is 0. The van der Waals surface area contributed by atoms with E-state index in [2.05, 4.69) is 25.3 Å². The standard InChI is InChI=1S/C40H49F7N6O10S/c1-20-9-7-8-10-22-17-38(22,34(56)52-64(58,59)37(4)11-12-37)51-31(54)27-14-23(62-32-30(39(42,43)44)48-25-15-24(41)28(61-6)16-26(25)49-32)18-53(27)33(55)29(21(13-20)19-60-5)50-35(57)63-36(2,3)40(45,46)47/h8,10,15-16,20-23,27,29H,7,9,11-14,17-19H2,1-6H3,(H,50,57)(H,51,54)(H,52,56)/b10-8-/t20-,21-,22-,23+,27-,29-,38-/m0/s1. The average molecular weight is 939 g/mol. The van der Waals surface area contributed by atoms with Crippen LogP contribution in [0.15, 0.2) is 24.3 Å². The third-order valence-corrected chi connectivity index (χ3v) is 14.4. The third-order valence-electron chi connectivity index (χ3n) is 12.2. The number of aromatic nitrogens is 2. The lowest BCUT2D eigenvalue weighted by molar-refractivity contribution is -0.244. The van der Waals surface area contributed by atoms with Crippen molar-refractivity contribution in [3.05, 3.63) is 35.8 Å². The number of nitrogens with one attached hydrogen (secondary N) is 3. The molecule has 1 aromatic carbocycles. The number of alkyl halides is 6. The zero-order chi connectivity index (χ0) is 47.4. The minimum Gasteiger partial charge on any atom is -0.494 e. The Bertz CT molecular complexity index is 2310. The minimum atomic E-state index is -5.24. The van der Waals surface area contributed by atoms with Crippen LogP contribution in [0, 0.1) is 23.6 Å². The van der Waals surface area contributed by atoms with Crippen molar-refractivity contribution in [3.8, 4) is 11.6 Å². The third kappa shape index (κ3) is 9.96. The normalized spacial score (nSPS) is 28.1. The molecule has 1 aromatic heterocycles. The van der Waals surface area contributed by atoms with Crippen LogP contribution in [0.25, 0.3) is 11.0 Å². The SMILES string of the molecule is COC[C@@H]1C[C@@H](C)CC/C=C\[C@H]2C[C@]2(C(=O)NS(=O)(=O)C2(C)CC2)NC(=O)[C@@H]2C[C@@H](Oc3nc4cc(OC)c(F)cc4nc3C(F)(F)F)CN2C(=O)[C@H]1NC(=O)OC(C)(C)C(F)(F)F. The molecule has 0 spiro atoms. The van der Waals surface area contributed by atoms with Crippen LogP contribution < -0.4 is 24.8 Å². The van der Waals surface area contributed by atoms with Gasteiger partial charge in [-0.05, 0) is 65.2 Å². The summed E-state index contributed by atoms with van der Waals surface area (Å²) in [5.41, 5.74) is -7.41. The summed E-state index contributed by atoms with van der Waals surface area (Å²) in [5.74, 6) is -7.78. The molecule has 2 saturated carbocycles. The van der Waals surface area contributed by atoms with Crippen LogP contribution in [0.3, 0.4) is 0 Å². The monoisotopic (exact) mass is 938 g/mol. The number of methoxy groups -OCH3 is 2. The first kappa shape index (κ1) is 48.5. The van der Waals surface area contributed by atoms with E-state index in [1.165, 1.54) is 14.0 Å². The molecule has 2 aliphatic heterocycles. The molecule has 4 amide bonds. The lowest BCUT2D eigenvalue weighted by Crippen LogP contribution is -2.60. The number of amides is 4. The molecule has 2 aromatic rings. The van der Waals surface area contributed by atoms with Crippen LogP contribution in [0.5, 0.6) is 11.6 Å². The summed E-state index contributed by atoms with van der Waals surface area (Å²) in [4.78, 5) is 65.0. The summed E-state index contributed by atoms with van der Waals surface area (Å²) in [6, 6.07) is -1.86. The molecular formula is C40H49F7N6O10S. The van der Waals surface area contributed by atoms with Crippen molar-refractivity contribution < 1.29 is 77.3 Å². The number of carbonyl (C=O) groups excluding carboxylic acids is 4. The number of sulfonamides is 1. The highest BCUT2D eigenvalue weighted by atomic mass is 32.2. The van der Waals surface area contributed by atoms with E-state index in [0.29, 0.717) is 32.8 Å². The fraction of sp³-hybridized carbons (Fsp3) is 0.650. The summed E-state index contributed by atoms with van der Waals surface area (Å²) < 4.78 is 148. The molecule has 64 heavy (non-hydrogen) atoms. The number of hydrogen-bond donors (Lipinski definition) is 3. The highest BCUT2D eigenvalue weighted by Crippen LogP contribution is 2.48. The molecule has 0 radical (unpaired) electrons. The quantitative estimate of drug-likeness (QED) is 0.211. The Kier molecular flexibility index (Phi) is 13.2. The second-order valence-electron chi connectivity index (χ2n) is 17.6. The predicted molar refractivity (Wildman–Crippen MR) is 210 cm³/mol. The maximum Gasteiger partial charge on any atom is 0.438 e. The molecule has 0 bridgehead atoms. The van der Waals surface area contributed by atoms with Gasteiger partial charge in [-0.1, -0.05) is 19.1 Å². The number of nitrogens with zero attached hydrogens (tertiary/aromatic N) is 3. The lowest BCUT2D eigenvalue weighted by Gasteiger charge is -2.35. The second-order valence-corrected chi connectivity index (χ2v) is 19.8. The van der Waals surface area contributed by atoms with Crippen molar-refractivity contribution >= 4 is 44.9 Å². The minimum absolute atomic E-state index is 0.0734. The molecule has 1 saturated heterocycles. The molecule has 0 unspecified atom stereocenters. The fourth-order valence-electron chi connectivity index (χ4n) is 7.86. The van der Waals surface area contributed by atoms with E-state index >= 15 is 0 Å². The largest absolute Gasteiger partial charge is 0.494 e. The molecule has 3 heterocycles. The van der Waals surface area contributed by atoms with Gasteiger partial charge in [0.2, 0.25) is 39.0 Å². The number of hydrogen-bond acceptors (Lipinski definition) is 12. The van der Waals surface area contributed by atoms with E-state index in [4.69, 9.17) is 18.9 Å². The second kappa shape index (κ2) is 17.4. The smallest absolute Gasteiger partial charge is 0.438 e. The van der Waals surface area contributed by atoms with Gasteiger partial charge in [-0.2, -0.15) is 26.3 Å². The Labute approximate surface area is 363 Å². The van der Waals surface area contributed by atoms with Gasteiger partial charge in [0.05, 0.1) is 36.0 Å². The van der Waals surface area contributed by atoms with Crippen molar-refractivity contribution in [3.63, 3.8) is 0 Å². The maximum absolute atomic E-state index is 14.9. The number of rotatable bonds is 10. The van der Waals surface area contributed by atoms with E-state index in [-0.39, 0.29) is 49.5 Å². The molecule has 2 aliphatic carbocycles. The number of benzene rings is 1. The number of alkyl carbamates (subject to hydrolysis) is 1. The number of fused-ring (bicyclic) bond motifs is 3. The van der Waals surface area contributed by atoms with Gasteiger partial charge in [0, 0.05) is 37.5 Å². The van der Waals surface area contributed by atoms with E-state index in [9.17, 15) is 58.3 Å². The van der Waals surface area contributed by atoms with Crippen LogP contribution in [0.2, 0.25) is 0 Å². The summed E-state index contributed by atoms with van der Waals surface area (Å²) in [6.45, 7) is 3.46. The first-order chi connectivity index (χ1) is 29.6. The van der Waals surface area contributed by atoms with E-state index < -0.39 is 128 Å². The molecule has 6 rings (SSSR count). The van der Waals surface area contributed by atoms with E-state index in [1.807, 2.05) is 0 Å². The van der Waals surface area contributed by atoms with Crippen LogP contribution in [0.4, 0.5) is 35.5 Å². The summed E-state index contributed by atoms with van der Waals surface area (Å²) in [7, 11) is -1.84. The van der Waals surface area contributed by atoms with Crippen LogP contribution in [0.1, 0.15) is 78.3 Å². The zero-order valence-electron chi connectivity index (χ0n) is 35.6. The number of ether oxygens (including phenoxy) is 4. The Morgan fingerprint density at radius 3 is 2.31 bits per heavy atom. The van der Waals surface area contributed by atoms with Crippen LogP contribution in [-0.2, 0) is 40.1 Å². The van der Waals surface area contributed by atoms with Crippen LogP contribution in [-0.4, -0.2) is 115 Å². The Hall–Kier alpha value is -5.00. The Balaban J connectivity index is 1.42. The highest BCUT2D eigenvalue weighted by molar-refractivity contribution is 7.91. The van der Waals surface area contributed by atoms with Crippen LogP contribution >= 0.6 is 0 Å². The first-order valence-corrected chi connectivity index (χ1v) is 21.8. The van der Waals surface area contributed by atoms with Crippen molar-refractivity contribution in [1.29, 1.82) is 0 Å². The lowest BCUT2D eigenvalue weighted by atomic mass is 9.87. The van der Waals surface area contributed by atoms with Gasteiger partial charge in [-0.3, -0.25) is 19.1 Å². The topological polar surface area (TPSA) is 204 Å². The Morgan fingerprint density at radius 1 is 1.03 bits per heavy atom. The zero-order valence-corrected chi connectivity index (χ0v) is 36.4. The van der Waals surface area contributed by atoms with Gasteiger partial charge in [0.1, 0.15) is 23.7 Å². The highest BCUT2D eigenvalue weighted by Gasteiger charge is 2.63. The van der Waals surface area contributed by atoms with Crippen molar-refractivity contribution in [2.24, 2.45) is 17.8 Å². The molecule has 7 atom stereocenters.